The maximum Gasteiger partial charge on any atom is 0.0831 e. The van der Waals surface area contributed by atoms with Crippen molar-refractivity contribution < 1.29 is 0 Å². The Balaban J connectivity index is 0.000000132. The fraction of sp³-hybridized carbons (Fsp3) is 0. The van der Waals surface area contributed by atoms with Crippen molar-refractivity contribution >= 4 is 31.9 Å². The van der Waals surface area contributed by atoms with E-state index in [0.29, 0.717) is 0 Å². The fourth-order valence-corrected chi connectivity index (χ4v) is 1.67. The van der Waals surface area contributed by atoms with E-state index in [4.69, 9.17) is 0 Å². The second-order valence-electron chi connectivity index (χ2n) is 2.19. The summed E-state index contributed by atoms with van der Waals surface area (Å²) in [6.07, 6.45) is 5.37. The highest BCUT2D eigenvalue weighted by Crippen LogP contribution is 2.14. The van der Waals surface area contributed by atoms with E-state index in [1.54, 1.807) is 12.4 Å². The minimum atomic E-state index is 0.999. The van der Waals surface area contributed by atoms with Gasteiger partial charge in [-0.3, -0.25) is 4.98 Å². The molecular formula is C9H8Br2N2. The third kappa shape index (κ3) is 4.85. The van der Waals surface area contributed by atoms with Crippen molar-refractivity contribution in [2.75, 3.05) is 0 Å². The van der Waals surface area contributed by atoms with Crippen molar-refractivity contribution in [2.24, 2.45) is 0 Å². The molecule has 2 nitrogen and oxygen atoms in total. The Morgan fingerprint density at radius 2 is 1.77 bits per heavy atom. The van der Waals surface area contributed by atoms with Gasteiger partial charge in [0, 0.05) is 23.1 Å². The summed E-state index contributed by atoms with van der Waals surface area (Å²) in [5, 5.41) is 0. The number of hydrogen-bond donors (Lipinski definition) is 1. The molecule has 0 radical (unpaired) electrons. The molecule has 0 aliphatic heterocycles. The Morgan fingerprint density at radius 3 is 1.92 bits per heavy atom. The highest BCUT2D eigenvalue weighted by Gasteiger charge is 1.86. The van der Waals surface area contributed by atoms with E-state index < -0.39 is 0 Å². The maximum absolute atomic E-state index is 3.78. The molecule has 0 aromatic carbocycles. The van der Waals surface area contributed by atoms with Crippen molar-refractivity contribution in [1.29, 1.82) is 0 Å². The minimum absolute atomic E-state index is 0.999. The molecule has 0 saturated heterocycles. The quantitative estimate of drug-likeness (QED) is 0.791. The van der Waals surface area contributed by atoms with E-state index in [-0.39, 0.29) is 0 Å². The molecular weight excluding hydrogens is 296 g/mol. The number of rotatable bonds is 0. The third-order valence-electron chi connectivity index (χ3n) is 1.18. The van der Waals surface area contributed by atoms with Crippen LogP contribution in [0.3, 0.4) is 0 Å². The largest absolute Gasteiger partial charge is 0.355 e. The van der Waals surface area contributed by atoms with E-state index in [1.165, 1.54) is 0 Å². The number of hydrogen-bond acceptors (Lipinski definition) is 1. The minimum Gasteiger partial charge on any atom is -0.355 e. The zero-order valence-corrected chi connectivity index (χ0v) is 9.92. The lowest BCUT2D eigenvalue weighted by molar-refractivity contribution is 1.33. The lowest BCUT2D eigenvalue weighted by atomic mass is 10.5. The summed E-state index contributed by atoms with van der Waals surface area (Å²) in [4.78, 5) is 6.72. The van der Waals surface area contributed by atoms with E-state index in [1.807, 2.05) is 30.5 Å². The van der Waals surface area contributed by atoms with Crippen LogP contribution in [-0.4, -0.2) is 9.97 Å². The highest BCUT2D eigenvalue weighted by atomic mass is 79.9. The van der Waals surface area contributed by atoms with Crippen LogP contribution < -0.4 is 0 Å². The van der Waals surface area contributed by atoms with Crippen molar-refractivity contribution in [3.05, 3.63) is 51.9 Å². The molecule has 0 saturated carbocycles. The molecule has 2 rings (SSSR count). The zero-order valence-electron chi connectivity index (χ0n) is 6.74. The fourth-order valence-electron chi connectivity index (χ4n) is 0.655. The van der Waals surface area contributed by atoms with Crippen molar-refractivity contribution in [1.82, 2.24) is 9.97 Å². The molecule has 0 bridgehead atoms. The predicted molar refractivity (Wildman–Crippen MR) is 60.4 cm³/mol. The first-order chi connectivity index (χ1) is 6.29. The maximum atomic E-state index is 3.78. The standard InChI is InChI=1S/C5H5N.C4H3Br2N/c1-2-4-6-5-3-1;5-3-1-4(6)7-2-3/h1-5H;1-2,7H. The molecule has 2 aromatic rings. The third-order valence-corrected chi connectivity index (χ3v) is 2.09. The Bertz CT molecular complexity index is 289. The molecule has 1 N–H and O–H groups in total. The van der Waals surface area contributed by atoms with Gasteiger partial charge in [0.15, 0.2) is 0 Å². The monoisotopic (exact) mass is 302 g/mol. The molecule has 0 aliphatic carbocycles. The van der Waals surface area contributed by atoms with Gasteiger partial charge < -0.3 is 4.98 Å². The van der Waals surface area contributed by atoms with Crippen LogP contribution in [0.2, 0.25) is 0 Å². The summed E-state index contributed by atoms with van der Waals surface area (Å²) in [5.74, 6) is 0. The van der Waals surface area contributed by atoms with Gasteiger partial charge in [0.05, 0.1) is 4.60 Å². The summed E-state index contributed by atoms with van der Waals surface area (Å²) in [6.45, 7) is 0. The van der Waals surface area contributed by atoms with Crippen molar-refractivity contribution in [3.8, 4) is 0 Å². The van der Waals surface area contributed by atoms with Crippen LogP contribution >= 0.6 is 31.9 Å². The number of aromatic amines is 1. The van der Waals surface area contributed by atoms with Crippen LogP contribution in [0, 0.1) is 0 Å². The molecule has 0 aliphatic rings. The Morgan fingerprint density at radius 1 is 1.08 bits per heavy atom. The summed E-state index contributed by atoms with van der Waals surface area (Å²) in [6, 6.07) is 7.66. The molecule has 2 aromatic heterocycles. The molecule has 0 spiro atoms. The van der Waals surface area contributed by atoms with Crippen LogP contribution in [0.5, 0.6) is 0 Å². The molecule has 0 amide bonds. The normalized spacial score (nSPS) is 8.77. The summed E-state index contributed by atoms with van der Waals surface area (Å²) in [7, 11) is 0. The smallest absolute Gasteiger partial charge is 0.0831 e. The van der Waals surface area contributed by atoms with E-state index in [0.717, 1.165) is 9.08 Å². The van der Waals surface area contributed by atoms with E-state index in [2.05, 4.69) is 41.8 Å². The average molecular weight is 304 g/mol. The molecule has 4 heteroatoms. The Kier molecular flexibility index (Phi) is 4.78. The number of nitrogens with one attached hydrogen (secondary N) is 1. The van der Waals surface area contributed by atoms with Gasteiger partial charge in [-0.05, 0) is 50.1 Å². The first-order valence-corrected chi connectivity index (χ1v) is 5.22. The average Bonchev–Trinajstić information content (AvgIpc) is 2.54. The second-order valence-corrected chi connectivity index (χ2v) is 3.96. The van der Waals surface area contributed by atoms with Gasteiger partial charge in [0.1, 0.15) is 0 Å². The van der Waals surface area contributed by atoms with E-state index >= 15 is 0 Å². The molecule has 2 heterocycles. The number of aromatic nitrogens is 2. The number of pyridine rings is 1. The van der Waals surface area contributed by atoms with Crippen LogP contribution in [0.15, 0.2) is 51.9 Å². The van der Waals surface area contributed by atoms with Crippen LogP contribution in [-0.2, 0) is 0 Å². The van der Waals surface area contributed by atoms with Gasteiger partial charge in [-0.1, -0.05) is 6.07 Å². The van der Waals surface area contributed by atoms with Crippen molar-refractivity contribution in [3.63, 3.8) is 0 Å². The first-order valence-electron chi connectivity index (χ1n) is 3.63. The summed E-state index contributed by atoms with van der Waals surface area (Å²) >= 11 is 6.52. The molecule has 0 fully saturated rings. The Hall–Kier alpha value is -0.610. The van der Waals surface area contributed by atoms with E-state index in [9.17, 15) is 0 Å². The SMILES string of the molecule is Brc1c[nH]c(Br)c1.c1ccncc1. The number of halogens is 2. The summed E-state index contributed by atoms with van der Waals surface area (Å²) < 4.78 is 2.07. The van der Waals surface area contributed by atoms with Gasteiger partial charge in [0.25, 0.3) is 0 Å². The summed E-state index contributed by atoms with van der Waals surface area (Å²) in [5.41, 5.74) is 0. The van der Waals surface area contributed by atoms with Crippen LogP contribution in [0.1, 0.15) is 0 Å². The lowest BCUT2D eigenvalue weighted by Crippen LogP contribution is -1.58. The molecule has 68 valence electrons. The van der Waals surface area contributed by atoms with Crippen LogP contribution in [0.25, 0.3) is 0 Å². The van der Waals surface area contributed by atoms with Gasteiger partial charge >= 0.3 is 0 Å². The second kappa shape index (κ2) is 5.94. The predicted octanol–water partition coefficient (Wildman–Crippen LogP) is 3.62. The molecule has 0 unspecified atom stereocenters. The number of nitrogens with zero attached hydrogens (tertiary/aromatic N) is 1. The van der Waals surface area contributed by atoms with Gasteiger partial charge in [0.2, 0.25) is 0 Å². The topological polar surface area (TPSA) is 28.7 Å². The van der Waals surface area contributed by atoms with Gasteiger partial charge in [-0.2, -0.15) is 0 Å². The van der Waals surface area contributed by atoms with Gasteiger partial charge in [-0.15, -0.1) is 0 Å². The number of H-pyrrole nitrogens is 1. The zero-order chi connectivity index (χ0) is 9.52. The molecule has 0 atom stereocenters. The first kappa shape index (κ1) is 10.5. The Labute approximate surface area is 93.7 Å². The van der Waals surface area contributed by atoms with Gasteiger partial charge in [-0.25, -0.2) is 0 Å². The molecule has 13 heavy (non-hydrogen) atoms. The van der Waals surface area contributed by atoms with Crippen LogP contribution in [0.4, 0.5) is 0 Å². The lowest BCUT2D eigenvalue weighted by Gasteiger charge is -1.70. The van der Waals surface area contributed by atoms with Crippen molar-refractivity contribution in [2.45, 2.75) is 0 Å². The highest BCUT2D eigenvalue weighted by molar-refractivity contribution is 9.11.